The molecule has 0 aromatic heterocycles. The number of carbonyl (C=O) groups is 2. The Bertz CT molecular complexity index is 1080. The van der Waals surface area contributed by atoms with Gasteiger partial charge in [-0.25, -0.2) is 4.39 Å². The minimum Gasteiger partial charge on any atom is -0.322 e. The first-order valence-electron chi connectivity index (χ1n) is 9.60. The van der Waals surface area contributed by atoms with Crippen molar-refractivity contribution in [2.45, 2.75) is 19.8 Å². The van der Waals surface area contributed by atoms with Crippen LogP contribution >= 0.6 is 0 Å². The number of nitrogens with one attached hydrogen (secondary N) is 1. The third kappa shape index (κ3) is 3.90. The third-order valence-electron chi connectivity index (χ3n) is 5.19. The fourth-order valence-corrected chi connectivity index (χ4v) is 3.61. The van der Waals surface area contributed by atoms with E-state index in [9.17, 15) is 14.0 Å². The number of rotatable bonds is 3. The molecule has 0 spiro atoms. The Morgan fingerprint density at radius 1 is 0.966 bits per heavy atom. The summed E-state index contributed by atoms with van der Waals surface area (Å²) in [5.74, 6) is -0.711. The fourth-order valence-electron chi connectivity index (χ4n) is 3.61. The number of hydrogen-bond donors (Lipinski definition) is 1. The summed E-state index contributed by atoms with van der Waals surface area (Å²) in [6, 6.07) is 18.6. The molecule has 0 saturated carbocycles. The lowest BCUT2D eigenvalue weighted by atomic mass is 9.98. The van der Waals surface area contributed by atoms with Gasteiger partial charge in [-0.05, 0) is 79.4 Å². The SMILES string of the molecule is Cc1ccccc1NC(=O)c1ccc2c(c1)CCCN2C(=O)c1ccc(F)cc1. The lowest BCUT2D eigenvalue weighted by Gasteiger charge is -2.30. The Hall–Kier alpha value is -3.47. The first kappa shape index (κ1) is 18.9. The number of amides is 2. The van der Waals surface area contributed by atoms with E-state index in [1.54, 1.807) is 11.0 Å². The molecule has 2 amide bonds. The highest BCUT2D eigenvalue weighted by Crippen LogP contribution is 2.30. The lowest BCUT2D eigenvalue weighted by Crippen LogP contribution is -2.35. The van der Waals surface area contributed by atoms with E-state index >= 15 is 0 Å². The van der Waals surface area contributed by atoms with E-state index in [1.807, 2.05) is 43.3 Å². The zero-order valence-corrected chi connectivity index (χ0v) is 16.1. The fraction of sp³-hybridized carbons (Fsp3) is 0.167. The van der Waals surface area contributed by atoms with Crippen molar-refractivity contribution in [3.63, 3.8) is 0 Å². The molecule has 3 aromatic rings. The number of nitrogens with zero attached hydrogens (tertiary/aromatic N) is 1. The normalized spacial score (nSPS) is 13.0. The van der Waals surface area contributed by atoms with Gasteiger partial charge in [0.2, 0.25) is 0 Å². The van der Waals surface area contributed by atoms with Crippen LogP contribution in [0.4, 0.5) is 15.8 Å². The second kappa shape index (κ2) is 7.87. The van der Waals surface area contributed by atoms with E-state index in [-0.39, 0.29) is 17.6 Å². The molecule has 0 bridgehead atoms. The summed E-state index contributed by atoms with van der Waals surface area (Å²) in [6.45, 7) is 2.54. The van der Waals surface area contributed by atoms with Gasteiger partial charge in [-0.3, -0.25) is 9.59 Å². The van der Waals surface area contributed by atoms with Gasteiger partial charge in [0.05, 0.1) is 0 Å². The van der Waals surface area contributed by atoms with Crippen LogP contribution in [0, 0.1) is 12.7 Å². The highest BCUT2D eigenvalue weighted by molar-refractivity contribution is 6.08. The summed E-state index contributed by atoms with van der Waals surface area (Å²) in [5, 5.41) is 2.94. The zero-order valence-electron chi connectivity index (χ0n) is 16.1. The molecule has 0 fully saturated rings. The van der Waals surface area contributed by atoms with Crippen LogP contribution in [-0.2, 0) is 6.42 Å². The Morgan fingerprint density at radius 3 is 2.45 bits per heavy atom. The van der Waals surface area contributed by atoms with E-state index < -0.39 is 0 Å². The molecule has 0 atom stereocenters. The average molecular weight is 388 g/mol. The topological polar surface area (TPSA) is 49.4 Å². The predicted octanol–water partition coefficient (Wildman–Crippen LogP) is 4.98. The van der Waals surface area contributed by atoms with Gasteiger partial charge in [-0.2, -0.15) is 0 Å². The maximum atomic E-state index is 13.2. The third-order valence-corrected chi connectivity index (χ3v) is 5.19. The molecule has 146 valence electrons. The van der Waals surface area contributed by atoms with Crippen LogP contribution in [0.5, 0.6) is 0 Å². The molecule has 3 aromatic carbocycles. The smallest absolute Gasteiger partial charge is 0.258 e. The summed E-state index contributed by atoms with van der Waals surface area (Å²) in [4.78, 5) is 27.3. The first-order chi connectivity index (χ1) is 14.0. The molecule has 1 aliphatic rings. The summed E-state index contributed by atoms with van der Waals surface area (Å²) in [6.07, 6.45) is 1.61. The second-order valence-corrected chi connectivity index (χ2v) is 7.18. The summed E-state index contributed by atoms with van der Waals surface area (Å²) in [7, 11) is 0. The van der Waals surface area contributed by atoms with Gasteiger partial charge in [0.25, 0.3) is 11.8 Å². The van der Waals surface area contributed by atoms with Gasteiger partial charge < -0.3 is 10.2 Å². The number of fused-ring (bicyclic) bond motifs is 1. The van der Waals surface area contributed by atoms with Crippen molar-refractivity contribution < 1.29 is 14.0 Å². The van der Waals surface area contributed by atoms with Gasteiger partial charge in [-0.1, -0.05) is 18.2 Å². The van der Waals surface area contributed by atoms with E-state index in [1.165, 1.54) is 24.3 Å². The van der Waals surface area contributed by atoms with E-state index in [0.717, 1.165) is 35.3 Å². The number of aryl methyl sites for hydroxylation is 2. The van der Waals surface area contributed by atoms with Gasteiger partial charge >= 0.3 is 0 Å². The molecule has 5 heteroatoms. The van der Waals surface area contributed by atoms with Crippen molar-refractivity contribution in [1.82, 2.24) is 0 Å². The predicted molar refractivity (Wildman–Crippen MR) is 112 cm³/mol. The molecule has 1 aliphatic heterocycles. The summed E-state index contributed by atoms with van der Waals surface area (Å²) in [5.41, 5.74) is 4.55. The minimum atomic E-state index is -0.370. The molecule has 0 saturated heterocycles. The van der Waals surface area contributed by atoms with Crippen LogP contribution in [0.15, 0.2) is 66.7 Å². The molecule has 4 nitrogen and oxygen atoms in total. The molecular weight excluding hydrogens is 367 g/mol. The molecule has 1 N–H and O–H groups in total. The first-order valence-corrected chi connectivity index (χ1v) is 9.60. The van der Waals surface area contributed by atoms with Gasteiger partial charge in [0.1, 0.15) is 5.82 Å². The molecule has 1 heterocycles. The monoisotopic (exact) mass is 388 g/mol. The number of carbonyl (C=O) groups excluding carboxylic acids is 2. The van der Waals surface area contributed by atoms with Gasteiger partial charge in [0.15, 0.2) is 0 Å². The van der Waals surface area contributed by atoms with Crippen LogP contribution in [0.1, 0.15) is 38.3 Å². The van der Waals surface area contributed by atoms with Crippen LogP contribution in [0.3, 0.4) is 0 Å². The van der Waals surface area contributed by atoms with Crippen molar-refractivity contribution in [2.24, 2.45) is 0 Å². The molecule has 0 aliphatic carbocycles. The Morgan fingerprint density at radius 2 is 1.69 bits per heavy atom. The molecular formula is C24H21FN2O2. The van der Waals surface area contributed by atoms with Crippen LogP contribution in [-0.4, -0.2) is 18.4 Å². The largest absolute Gasteiger partial charge is 0.322 e. The number of hydrogen-bond acceptors (Lipinski definition) is 2. The Balaban J connectivity index is 1.58. The Labute approximate surface area is 169 Å². The lowest BCUT2D eigenvalue weighted by molar-refractivity contribution is 0.0984. The Kier molecular flexibility index (Phi) is 5.12. The van der Waals surface area contributed by atoms with E-state index in [0.29, 0.717) is 17.7 Å². The summed E-state index contributed by atoms with van der Waals surface area (Å²) >= 11 is 0. The van der Waals surface area contributed by atoms with Gasteiger partial charge in [0, 0.05) is 29.0 Å². The van der Waals surface area contributed by atoms with Crippen molar-refractivity contribution in [3.8, 4) is 0 Å². The maximum Gasteiger partial charge on any atom is 0.258 e. The number of halogens is 1. The minimum absolute atomic E-state index is 0.164. The number of benzene rings is 3. The van der Waals surface area contributed by atoms with Crippen LogP contribution in [0.2, 0.25) is 0 Å². The van der Waals surface area contributed by atoms with Crippen molar-refractivity contribution in [2.75, 3.05) is 16.8 Å². The van der Waals surface area contributed by atoms with E-state index in [2.05, 4.69) is 5.32 Å². The van der Waals surface area contributed by atoms with E-state index in [4.69, 9.17) is 0 Å². The molecule has 0 unspecified atom stereocenters. The van der Waals surface area contributed by atoms with Gasteiger partial charge in [-0.15, -0.1) is 0 Å². The number of anilines is 2. The molecule has 4 rings (SSSR count). The highest BCUT2D eigenvalue weighted by Gasteiger charge is 2.24. The van der Waals surface area contributed by atoms with Crippen molar-refractivity contribution >= 4 is 23.2 Å². The number of para-hydroxylation sites is 1. The summed E-state index contributed by atoms with van der Waals surface area (Å²) < 4.78 is 13.2. The van der Waals surface area contributed by atoms with Crippen LogP contribution < -0.4 is 10.2 Å². The quantitative estimate of drug-likeness (QED) is 0.688. The average Bonchev–Trinajstić information content (AvgIpc) is 2.74. The second-order valence-electron chi connectivity index (χ2n) is 7.18. The molecule has 29 heavy (non-hydrogen) atoms. The zero-order chi connectivity index (χ0) is 20.4. The molecule has 0 radical (unpaired) electrons. The maximum absolute atomic E-state index is 13.2. The van der Waals surface area contributed by atoms with Crippen molar-refractivity contribution in [1.29, 1.82) is 0 Å². The standard InChI is InChI=1S/C24H21FN2O2/c1-16-5-2-3-7-21(16)26-23(28)19-10-13-22-18(15-19)6-4-14-27(22)24(29)17-8-11-20(25)12-9-17/h2-3,5,7-13,15H,4,6,14H2,1H3,(H,26,28). The highest BCUT2D eigenvalue weighted by atomic mass is 19.1. The van der Waals surface area contributed by atoms with Crippen molar-refractivity contribution in [3.05, 3.63) is 94.8 Å². The van der Waals surface area contributed by atoms with Crippen LogP contribution in [0.25, 0.3) is 0 Å².